The zero-order valence-electron chi connectivity index (χ0n) is 11.8. The normalized spacial score (nSPS) is 11.4. The van der Waals surface area contributed by atoms with Gasteiger partial charge in [-0.15, -0.1) is 0 Å². The smallest absolute Gasteiger partial charge is 0.170 e. The minimum absolute atomic E-state index is 0.0792. The quantitative estimate of drug-likeness (QED) is 0.370. The third-order valence-electron chi connectivity index (χ3n) is 3.06. The van der Waals surface area contributed by atoms with E-state index in [4.69, 9.17) is 20.4 Å². The molecule has 0 aliphatic carbocycles. The maximum atomic E-state index is 8.78. The Kier molecular flexibility index (Phi) is 5.17. The van der Waals surface area contributed by atoms with Crippen LogP contribution in [-0.2, 0) is 18.0 Å². The first-order valence-corrected chi connectivity index (χ1v) is 6.51. The molecule has 5 heteroatoms. The molecule has 0 aliphatic heterocycles. The molecule has 0 unspecified atom stereocenters. The second-order valence-electron chi connectivity index (χ2n) is 4.49. The summed E-state index contributed by atoms with van der Waals surface area (Å²) in [6, 6.07) is 15.1. The van der Waals surface area contributed by atoms with Crippen LogP contribution in [0.2, 0.25) is 0 Å². The Labute approximate surface area is 123 Å². The van der Waals surface area contributed by atoms with Gasteiger partial charge in [0.15, 0.2) is 5.84 Å². The van der Waals surface area contributed by atoms with Gasteiger partial charge in [0.2, 0.25) is 0 Å². The average Bonchev–Trinajstić information content (AvgIpc) is 2.55. The van der Waals surface area contributed by atoms with E-state index in [1.54, 1.807) is 13.2 Å². The van der Waals surface area contributed by atoms with Crippen LogP contribution in [0.15, 0.2) is 53.7 Å². The molecule has 0 aromatic heterocycles. The number of oxime groups is 1. The monoisotopic (exact) mass is 286 g/mol. The van der Waals surface area contributed by atoms with Crippen molar-refractivity contribution in [1.82, 2.24) is 0 Å². The Morgan fingerprint density at radius 3 is 2.71 bits per heavy atom. The van der Waals surface area contributed by atoms with Crippen molar-refractivity contribution < 1.29 is 14.7 Å². The summed E-state index contributed by atoms with van der Waals surface area (Å²) in [4.78, 5) is 0. The molecule has 0 atom stereocenters. The first-order valence-electron chi connectivity index (χ1n) is 6.51. The minimum Gasteiger partial charge on any atom is -0.497 e. The highest BCUT2D eigenvalue weighted by Crippen LogP contribution is 2.15. The summed E-state index contributed by atoms with van der Waals surface area (Å²) in [6.45, 7) is 0.839. The van der Waals surface area contributed by atoms with Crippen molar-refractivity contribution in [1.29, 1.82) is 0 Å². The van der Waals surface area contributed by atoms with E-state index in [0.29, 0.717) is 18.8 Å². The molecule has 0 saturated carbocycles. The Balaban J connectivity index is 2.00. The van der Waals surface area contributed by atoms with Crippen LogP contribution in [-0.4, -0.2) is 18.2 Å². The van der Waals surface area contributed by atoms with E-state index < -0.39 is 0 Å². The molecule has 2 aromatic rings. The number of nitrogens with zero attached hydrogens (tertiary/aromatic N) is 1. The fourth-order valence-corrected chi connectivity index (χ4v) is 1.99. The SMILES string of the molecule is COc1cccc(COCc2ccccc2/C(N)=N/O)c1. The largest absolute Gasteiger partial charge is 0.497 e. The molecule has 3 N–H and O–H groups in total. The summed E-state index contributed by atoms with van der Waals surface area (Å²) in [5.41, 5.74) is 8.21. The highest BCUT2D eigenvalue weighted by Gasteiger charge is 2.06. The standard InChI is InChI=1S/C16H18N2O3/c1-20-14-7-4-5-12(9-14)10-21-11-13-6-2-3-8-15(13)16(17)18-19/h2-9,19H,10-11H2,1H3,(H2,17,18). The second kappa shape index (κ2) is 7.31. The van der Waals surface area contributed by atoms with E-state index in [1.165, 1.54) is 0 Å². The summed E-state index contributed by atoms with van der Waals surface area (Å²) < 4.78 is 10.9. The molecule has 0 fully saturated rings. The van der Waals surface area contributed by atoms with Gasteiger partial charge < -0.3 is 20.4 Å². The lowest BCUT2D eigenvalue weighted by molar-refractivity contribution is 0.107. The zero-order valence-corrected chi connectivity index (χ0v) is 11.8. The molecule has 2 rings (SSSR count). The minimum atomic E-state index is 0.0792. The number of benzene rings is 2. The number of hydrogen-bond acceptors (Lipinski definition) is 4. The molecule has 0 aliphatic rings. The van der Waals surface area contributed by atoms with Crippen LogP contribution in [0.25, 0.3) is 0 Å². The predicted molar refractivity (Wildman–Crippen MR) is 80.4 cm³/mol. The molecule has 0 radical (unpaired) electrons. The van der Waals surface area contributed by atoms with Gasteiger partial charge >= 0.3 is 0 Å². The highest BCUT2D eigenvalue weighted by molar-refractivity contribution is 5.98. The highest BCUT2D eigenvalue weighted by atomic mass is 16.5. The molecule has 0 heterocycles. The van der Waals surface area contributed by atoms with Crippen LogP contribution in [0.1, 0.15) is 16.7 Å². The fourth-order valence-electron chi connectivity index (χ4n) is 1.99. The Morgan fingerprint density at radius 1 is 1.14 bits per heavy atom. The summed E-state index contributed by atoms with van der Waals surface area (Å²) in [7, 11) is 1.63. The fraction of sp³-hybridized carbons (Fsp3) is 0.188. The lowest BCUT2D eigenvalue weighted by Crippen LogP contribution is -2.15. The second-order valence-corrected chi connectivity index (χ2v) is 4.49. The summed E-state index contributed by atoms with van der Waals surface area (Å²) in [6.07, 6.45) is 0. The molecule has 0 bridgehead atoms. The first kappa shape index (κ1) is 14.9. The molecule has 0 amide bonds. The van der Waals surface area contributed by atoms with Crippen molar-refractivity contribution in [3.05, 3.63) is 65.2 Å². The predicted octanol–water partition coefficient (Wildman–Crippen LogP) is 2.51. The van der Waals surface area contributed by atoms with E-state index >= 15 is 0 Å². The van der Waals surface area contributed by atoms with Crippen LogP contribution in [0.5, 0.6) is 5.75 Å². The van der Waals surface area contributed by atoms with Gasteiger partial charge in [0, 0.05) is 5.56 Å². The van der Waals surface area contributed by atoms with E-state index in [0.717, 1.165) is 16.9 Å². The van der Waals surface area contributed by atoms with Gasteiger partial charge in [-0.25, -0.2) is 0 Å². The molecular formula is C16H18N2O3. The summed E-state index contributed by atoms with van der Waals surface area (Å²) in [5.74, 6) is 0.878. The Bertz CT molecular complexity index is 626. The Hall–Kier alpha value is -2.53. The van der Waals surface area contributed by atoms with Crippen molar-refractivity contribution in [3.63, 3.8) is 0 Å². The van der Waals surface area contributed by atoms with Gasteiger partial charge in [-0.3, -0.25) is 0 Å². The molecule has 0 saturated heterocycles. The number of methoxy groups -OCH3 is 1. The summed E-state index contributed by atoms with van der Waals surface area (Å²) in [5, 5.41) is 11.8. The maximum Gasteiger partial charge on any atom is 0.170 e. The number of amidine groups is 1. The lowest BCUT2D eigenvalue weighted by atomic mass is 10.1. The van der Waals surface area contributed by atoms with E-state index in [9.17, 15) is 0 Å². The van der Waals surface area contributed by atoms with Crippen LogP contribution >= 0.6 is 0 Å². The van der Waals surface area contributed by atoms with Gasteiger partial charge in [0.25, 0.3) is 0 Å². The van der Waals surface area contributed by atoms with Crippen LogP contribution in [0.3, 0.4) is 0 Å². The number of hydrogen-bond donors (Lipinski definition) is 2. The van der Waals surface area contributed by atoms with E-state index in [2.05, 4.69) is 5.16 Å². The van der Waals surface area contributed by atoms with E-state index in [-0.39, 0.29) is 5.84 Å². The molecule has 110 valence electrons. The van der Waals surface area contributed by atoms with Crippen LogP contribution in [0.4, 0.5) is 0 Å². The Morgan fingerprint density at radius 2 is 1.95 bits per heavy atom. The lowest BCUT2D eigenvalue weighted by Gasteiger charge is -2.09. The molecule has 0 spiro atoms. The maximum absolute atomic E-state index is 8.78. The zero-order chi connectivity index (χ0) is 15.1. The first-order chi connectivity index (χ1) is 10.2. The van der Waals surface area contributed by atoms with Crippen molar-refractivity contribution in [3.8, 4) is 5.75 Å². The number of nitrogens with two attached hydrogens (primary N) is 1. The van der Waals surface area contributed by atoms with Gasteiger partial charge in [0.1, 0.15) is 5.75 Å². The topological polar surface area (TPSA) is 77.1 Å². The van der Waals surface area contributed by atoms with Crippen molar-refractivity contribution in [2.45, 2.75) is 13.2 Å². The van der Waals surface area contributed by atoms with Gasteiger partial charge in [-0.05, 0) is 23.3 Å². The van der Waals surface area contributed by atoms with Gasteiger partial charge in [-0.1, -0.05) is 41.6 Å². The average molecular weight is 286 g/mol. The molecule has 21 heavy (non-hydrogen) atoms. The van der Waals surface area contributed by atoms with Crippen LogP contribution in [0, 0.1) is 0 Å². The van der Waals surface area contributed by atoms with Crippen molar-refractivity contribution in [2.24, 2.45) is 10.9 Å². The number of ether oxygens (including phenoxy) is 2. The molecule has 5 nitrogen and oxygen atoms in total. The molecule has 2 aromatic carbocycles. The third kappa shape index (κ3) is 3.97. The van der Waals surface area contributed by atoms with Gasteiger partial charge in [-0.2, -0.15) is 0 Å². The van der Waals surface area contributed by atoms with E-state index in [1.807, 2.05) is 42.5 Å². The van der Waals surface area contributed by atoms with Crippen molar-refractivity contribution >= 4 is 5.84 Å². The van der Waals surface area contributed by atoms with Crippen molar-refractivity contribution in [2.75, 3.05) is 7.11 Å². The van der Waals surface area contributed by atoms with Gasteiger partial charge in [0.05, 0.1) is 20.3 Å². The van der Waals surface area contributed by atoms with Crippen LogP contribution < -0.4 is 10.5 Å². The summed E-state index contributed by atoms with van der Waals surface area (Å²) >= 11 is 0. The third-order valence-corrected chi connectivity index (χ3v) is 3.06. The molecular weight excluding hydrogens is 268 g/mol. The number of rotatable bonds is 6.